The summed E-state index contributed by atoms with van der Waals surface area (Å²) in [6.45, 7) is 4.16. The number of hydrogen-bond donors (Lipinski definition) is 2. The van der Waals surface area contributed by atoms with Crippen molar-refractivity contribution in [2.45, 2.75) is 38.3 Å². The van der Waals surface area contributed by atoms with Crippen LogP contribution in [0.5, 0.6) is 5.75 Å². The molecule has 0 bridgehead atoms. The lowest BCUT2D eigenvalue weighted by molar-refractivity contribution is 0.111. The number of carbonyl (C=O) groups excluding carboxylic acids is 1. The molecule has 1 aromatic carbocycles. The summed E-state index contributed by atoms with van der Waals surface area (Å²) in [5.41, 5.74) is 0. The van der Waals surface area contributed by atoms with Crippen molar-refractivity contribution in [3.63, 3.8) is 0 Å². The minimum atomic E-state index is -0.255. The molecule has 1 atom stereocenters. The fraction of sp³-hybridized carbons (Fsp3) is 0.579. The second-order valence-corrected chi connectivity index (χ2v) is 6.29. The monoisotopic (exact) mass is 490 g/mol. The third kappa shape index (κ3) is 7.82. The van der Waals surface area contributed by atoms with Crippen molar-refractivity contribution in [2.24, 2.45) is 4.99 Å². The largest absolute Gasteiger partial charge is 0.489 e. The molecule has 1 heterocycles. The van der Waals surface area contributed by atoms with E-state index in [0.29, 0.717) is 19.6 Å². The van der Waals surface area contributed by atoms with Crippen molar-refractivity contribution in [3.05, 3.63) is 30.3 Å². The number of halogens is 1. The van der Waals surface area contributed by atoms with Crippen LogP contribution in [0.1, 0.15) is 26.2 Å². The van der Waals surface area contributed by atoms with Gasteiger partial charge in [-0.2, -0.15) is 0 Å². The van der Waals surface area contributed by atoms with E-state index in [2.05, 4.69) is 22.5 Å². The third-order valence-electron chi connectivity index (χ3n) is 4.49. The van der Waals surface area contributed by atoms with Crippen molar-refractivity contribution in [1.82, 2.24) is 15.5 Å². The Balaban J connectivity index is 0.00000364. The van der Waals surface area contributed by atoms with Crippen LogP contribution in [0.4, 0.5) is 4.79 Å². The van der Waals surface area contributed by atoms with Gasteiger partial charge in [-0.05, 0) is 31.4 Å². The van der Waals surface area contributed by atoms with Gasteiger partial charge in [0, 0.05) is 26.2 Å². The van der Waals surface area contributed by atoms with Gasteiger partial charge >= 0.3 is 6.09 Å². The number of hydrogen-bond acceptors (Lipinski definition) is 4. The number of benzene rings is 1. The Morgan fingerprint density at radius 2 is 1.96 bits per heavy atom. The van der Waals surface area contributed by atoms with Gasteiger partial charge in [-0.3, -0.25) is 4.99 Å². The van der Waals surface area contributed by atoms with Gasteiger partial charge in [0.15, 0.2) is 5.96 Å². The zero-order valence-corrected chi connectivity index (χ0v) is 18.6. The fourth-order valence-corrected chi connectivity index (χ4v) is 2.89. The molecule has 1 unspecified atom stereocenters. The highest BCUT2D eigenvalue weighted by Crippen LogP contribution is 2.13. The second-order valence-electron chi connectivity index (χ2n) is 6.29. The average Bonchev–Trinajstić information content (AvgIpc) is 2.70. The van der Waals surface area contributed by atoms with Crippen LogP contribution < -0.4 is 15.4 Å². The molecule has 0 saturated carbocycles. The van der Waals surface area contributed by atoms with E-state index >= 15 is 0 Å². The van der Waals surface area contributed by atoms with Gasteiger partial charge in [0.05, 0.1) is 13.7 Å². The van der Waals surface area contributed by atoms with Gasteiger partial charge in [0.1, 0.15) is 11.9 Å². The molecule has 2 rings (SSSR count). The molecular weight excluding hydrogens is 459 g/mol. The molecule has 0 aromatic heterocycles. The third-order valence-corrected chi connectivity index (χ3v) is 4.49. The highest BCUT2D eigenvalue weighted by molar-refractivity contribution is 14.0. The first-order valence-electron chi connectivity index (χ1n) is 9.18. The summed E-state index contributed by atoms with van der Waals surface area (Å²) in [5.74, 6) is 1.64. The van der Waals surface area contributed by atoms with Crippen molar-refractivity contribution in [3.8, 4) is 5.75 Å². The molecule has 1 aliphatic heterocycles. The molecule has 2 N–H and O–H groups in total. The minimum absolute atomic E-state index is 0. The SMILES string of the molecule is CCC(CNC(=NC)NC1CCN(C(=O)OC)CC1)Oc1ccccc1.I. The summed E-state index contributed by atoms with van der Waals surface area (Å²) in [6.07, 6.45) is 2.45. The number of para-hydroxylation sites is 1. The minimum Gasteiger partial charge on any atom is -0.489 e. The lowest BCUT2D eigenvalue weighted by Gasteiger charge is -2.32. The van der Waals surface area contributed by atoms with Crippen LogP contribution in [0.25, 0.3) is 0 Å². The topological polar surface area (TPSA) is 75.2 Å². The van der Waals surface area contributed by atoms with Crippen LogP contribution >= 0.6 is 24.0 Å². The molecule has 1 fully saturated rings. The molecule has 1 amide bonds. The molecule has 1 aromatic rings. The fourth-order valence-electron chi connectivity index (χ4n) is 2.89. The van der Waals surface area contributed by atoms with Crippen molar-refractivity contribution >= 4 is 36.0 Å². The first-order valence-corrected chi connectivity index (χ1v) is 9.18. The van der Waals surface area contributed by atoms with E-state index in [1.54, 1.807) is 11.9 Å². The van der Waals surface area contributed by atoms with Gasteiger partial charge in [0.2, 0.25) is 0 Å². The summed E-state index contributed by atoms with van der Waals surface area (Å²) in [4.78, 5) is 17.6. The summed E-state index contributed by atoms with van der Waals surface area (Å²) in [7, 11) is 3.18. The maximum atomic E-state index is 11.5. The van der Waals surface area contributed by atoms with Crippen LogP contribution in [0.2, 0.25) is 0 Å². The van der Waals surface area contributed by atoms with Crippen LogP contribution in [0.15, 0.2) is 35.3 Å². The number of carbonyl (C=O) groups is 1. The standard InChI is InChI=1S/C19H30N4O3.HI/c1-4-16(26-17-8-6-5-7-9-17)14-21-18(20-2)22-15-10-12-23(13-11-15)19(24)25-3;/h5-9,15-16H,4,10-14H2,1-3H3,(H2,20,21,22);1H. The highest BCUT2D eigenvalue weighted by atomic mass is 127. The number of piperidine rings is 1. The number of likely N-dealkylation sites (tertiary alicyclic amines) is 1. The number of nitrogens with one attached hydrogen (secondary N) is 2. The molecule has 8 heteroatoms. The molecule has 1 aliphatic rings. The maximum absolute atomic E-state index is 11.5. The zero-order valence-electron chi connectivity index (χ0n) is 16.3. The summed E-state index contributed by atoms with van der Waals surface area (Å²) in [5, 5.41) is 6.77. The normalized spacial score (nSPS) is 16.1. The number of rotatable bonds is 6. The van der Waals surface area contributed by atoms with E-state index < -0.39 is 0 Å². The van der Waals surface area contributed by atoms with Crippen LogP contribution in [-0.4, -0.2) is 62.9 Å². The number of methoxy groups -OCH3 is 1. The molecule has 152 valence electrons. The summed E-state index contributed by atoms with van der Waals surface area (Å²) >= 11 is 0. The zero-order chi connectivity index (χ0) is 18.8. The van der Waals surface area contributed by atoms with Crippen molar-refractivity contribution in [1.29, 1.82) is 0 Å². The molecule has 0 spiro atoms. The Labute approximate surface area is 178 Å². The average molecular weight is 490 g/mol. The van der Waals surface area contributed by atoms with Crippen LogP contribution in [-0.2, 0) is 4.74 Å². The van der Waals surface area contributed by atoms with Gasteiger partial charge < -0.3 is 25.0 Å². The van der Waals surface area contributed by atoms with Crippen molar-refractivity contribution < 1.29 is 14.3 Å². The van der Waals surface area contributed by atoms with E-state index in [1.165, 1.54) is 7.11 Å². The van der Waals surface area contributed by atoms with Gasteiger partial charge in [0.25, 0.3) is 0 Å². The molecule has 7 nitrogen and oxygen atoms in total. The van der Waals surface area contributed by atoms with Gasteiger partial charge in [-0.25, -0.2) is 4.79 Å². The number of nitrogens with zero attached hydrogens (tertiary/aromatic N) is 2. The number of aliphatic imine (C=N–C) groups is 1. The Morgan fingerprint density at radius 3 is 2.52 bits per heavy atom. The smallest absolute Gasteiger partial charge is 0.409 e. The summed E-state index contributed by atoms with van der Waals surface area (Å²) in [6, 6.07) is 10.1. The molecule has 0 aliphatic carbocycles. The predicted octanol–water partition coefficient (Wildman–Crippen LogP) is 2.86. The van der Waals surface area contributed by atoms with Crippen LogP contribution in [0.3, 0.4) is 0 Å². The Morgan fingerprint density at radius 1 is 1.30 bits per heavy atom. The van der Waals surface area contributed by atoms with E-state index in [-0.39, 0.29) is 42.2 Å². The molecule has 1 saturated heterocycles. The van der Waals surface area contributed by atoms with Crippen molar-refractivity contribution in [2.75, 3.05) is 33.8 Å². The molecular formula is C19H31IN4O3. The van der Waals surface area contributed by atoms with E-state index in [0.717, 1.165) is 31.0 Å². The second kappa shape index (κ2) is 12.6. The predicted molar refractivity (Wildman–Crippen MR) is 118 cm³/mol. The van der Waals surface area contributed by atoms with Gasteiger partial charge in [-0.15, -0.1) is 24.0 Å². The maximum Gasteiger partial charge on any atom is 0.409 e. The Hall–Kier alpha value is -1.71. The van der Waals surface area contributed by atoms with Crippen LogP contribution in [0, 0.1) is 0 Å². The van der Waals surface area contributed by atoms with E-state index in [9.17, 15) is 4.79 Å². The lowest BCUT2D eigenvalue weighted by Crippen LogP contribution is -2.51. The Kier molecular flexibility index (Phi) is 10.9. The molecule has 0 radical (unpaired) electrons. The highest BCUT2D eigenvalue weighted by Gasteiger charge is 2.23. The summed E-state index contributed by atoms with van der Waals surface area (Å²) < 4.78 is 10.8. The van der Waals surface area contributed by atoms with E-state index in [4.69, 9.17) is 9.47 Å². The van der Waals surface area contributed by atoms with E-state index in [1.807, 2.05) is 30.3 Å². The number of guanidine groups is 1. The quantitative estimate of drug-likeness (QED) is 0.365. The number of ether oxygens (including phenoxy) is 2. The Bertz CT molecular complexity index is 578. The lowest BCUT2D eigenvalue weighted by atomic mass is 10.1. The molecule has 27 heavy (non-hydrogen) atoms. The number of amides is 1. The first kappa shape index (κ1) is 23.3. The first-order chi connectivity index (χ1) is 12.7. The van der Waals surface area contributed by atoms with Gasteiger partial charge in [-0.1, -0.05) is 25.1 Å².